The van der Waals surface area contributed by atoms with Gasteiger partial charge in [-0.3, -0.25) is 9.59 Å². The lowest BCUT2D eigenvalue weighted by molar-refractivity contribution is -0.156. The normalized spacial score (nSPS) is 43.9. The van der Waals surface area contributed by atoms with Gasteiger partial charge in [-0.25, -0.2) is 0 Å². The smallest absolute Gasteiger partial charge is 0.320 e. The maximum atomic E-state index is 11.4. The van der Waals surface area contributed by atoms with Crippen molar-refractivity contribution in [2.75, 3.05) is 0 Å². The van der Waals surface area contributed by atoms with Gasteiger partial charge in [0, 0.05) is 0 Å². The summed E-state index contributed by atoms with van der Waals surface area (Å²) in [6, 6.07) is 0. The van der Waals surface area contributed by atoms with Gasteiger partial charge in [-0.2, -0.15) is 0 Å². The van der Waals surface area contributed by atoms with E-state index in [0.29, 0.717) is 0 Å². The summed E-state index contributed by atoms with van der Waals surface area (Å²) < 4.78 is 10.2. The van der Waals surface area contributed by atoms with Crippen molar-refractivity contribution >= 4 is 11.9 Å². The molecule has 2 bridgehead atoms. The Morgan fingerprint density at radius 3 is 2.71 bits per heavy atom. The minimum absolute atomic E-state index is 0.200. The highest BCUT2D eigenvalue weighted by molar-refractivity contribution is 5.98. The summed E-state index contributed by atoms with van der Waals surface area (Å²) in [6.07, 6.45) is 2.41. The molecular formula is C10H10O4. The van der Waals surface area contributed by atoms with Crippen molar-refractivity contribution in [2.45, 2.75) is 25.6 Å². The van der Waals surface area contributed by atoms with Crippen LogP contribution < -0.4 is 0 Å². The number of rotatable bonds is 1. The Morgan fingerprint density at radius 2 is 2.00 bits per heavy atom. The van der Waals surface area contributed by atoms with Crippen LogP contribution in [0.1, 0.15) is 13.3 Å². The number of hydrogen-bond acceptors (Lipinski definition) is 4. The molecule has 4 unspecified atom stereocenters. The number of hydrogen-bond donors (Lipinski definition) is 0. The standard InChI is InChI=1S/C10H10O4/c1-2-4-3-5-6-7(8(4)13-5)10(12)14-9(6)11/h3,5-8H,2H2,1H3. The van der Waals surface area contributed by atoms with Gasteiger partial charge in [-0.1, -0.05) is 13.0 Å². The van der Waals surface area contributed by atoms with Crippen molar-refractivity contribution in [3.8, 4) is 0 Å². The van der Waals surface area contributed by atoms with Crippen molar-refractivity contribution < 1.29 is 19.1 Å². The Bertz CT molecular complexity index is 357. The Hall–Kier alpha value is -1.16. The fourth-order valence-electron chi connectivity index (χ4n) is 2.60. The summed E-state index contributed by atoms with van der Waals surface area (Å²) in [5, 5.41) is 0. The molecular weight excluding hydrogens is 184 g/mol. The van der Waals surface area contributed by atoms with E-state index in [9.17, 15) is 9.59 Å². The summed E-state index contributed by atoms with van der Waals surface area (Å²) in [7, 11) is 0. The molecule has 14 heavy (non-hydrogen) atoms. The van der Waals surface area contributed by atoms with E-state index in [1.54, 1.807) is 0 Å². The minimum atomic E-state index is -0.418. The predicted molar refractivity (Wildman–Crippen MR) is 45.1 cm³/mol. The van der Waals surface area contributed by atoms with Crippen LogP contribution in [0.3, 0.4) is 0 Å². The highest BCUT2D eigenvalue weighted by Gasteiger charge is 2.61. The molecule has 2 fully saturated rings. The third kappa shape index (κ3) is 0.773. The highest BCUT2D eigenvalue weighted by atomic mass is 16.6. The van der Waals surface area contributed by atoms with Crippen molar-refractivity contribution in [2.24, 2.45) is 11.8 Å². The predicted octanol–water partition coefficient (Wildman–Crippen LogP) is 0.420. The van der Waals surface area contributed by atoms with Crippen molar-refractivity contribution in [3.63, 3.8) is 0 Å². The Kier molecular flexibility index (Phi) is 1.43. The van der Waals surface area contributed by atoms with Crippen LogP contribution in [0.2, 0.25) is 0 Å². The van der Waals surface area contributed by atoms with Gasteiger partial charge in [0.15, 0.2) is 0 Å². The van der Waals surface area contributed by atoms with Gasteiger partial charge < -0.3 is 9.47 Å². The largest absolute Gasteiger partial charge is 0.393 e. The van der Waals surface area contributed by atoms with Gasteiger partial charge in [0.25, 0.3) is 0 Å². The molecule has 0 amide bonds. The molecule has 4 atom stereocenters. The number of fused-ring (bicyclic) bond motifs is 5. The van der Waals surface area contributed by atoms with E-state index in [1.807, 2.05) is 13.0 Å². The Morgan fingerprint density at radius 1 is 1.29 bits per heavy atom. The number of carbonyl (C=O) groups excluding carboxylic acids is 2. The highest BCUT2D eigenvalue weighted by Crippen LogP contribution is 2.47. The number of ether oxygens (including phenoxy) is 2. The molecule has 3 rings (SSSR count). The first-order valence-electron chi connectivity index (χ1n) is 4.84. The quantitative estimate of drug-likeness (QED) is 0.345. The van der Waals surface area contributed by atoms with Crippen LogP contribution >= 0.6 is 0 Å². The van der Waals surface area contributed by atoms with Crippen LogP contribution in [0.15, 0.2) is 11.6 Å². The van der Waals surface area contributed by atoms with Gasteiger partial charge in [0.1, 0.15) is 11.8 Å². The molecule has 4 heteroatoms. The fourth-order valence-corrected chi connectivity index (χ4v) is 2.60. The van der Waals surface area contributed by atoms with E-state index in [1.165, 1.54) is 0 Å². The van der Waals surface area contributed by atoms with Crippen LogP contribution in [0.25, 0.3) is 0 Å². The van der Waals surface area contributed by atoms with E-state index in [4.69, 9.17) is 4.74 Å². The first-order chi connectivity index (χ1) is 6.72. The van der Waals surface area contributed by atoms with Crippen LogP contribution in [-0.4, -0.2) is 24.1 Å². The lowest BCUT2D eigenvalue weighted by Gasteiger charge is -2.15. The second kappa shape index (κ2) is 2.45. The van der Waals surface area contributed by atoms with E-state index in [-0.39, 0.29) is 24.0 Å². The second-order valence-corrected chi connectivity index (χ2v) is 3.91. The van der Waals surface area contributed by atoms with Crippen molar-refractivity contribution in [1.29, 1.82) is 0 Å². The van der Waals surface area contributed by atoms with E-state index in [2.05, 4.69) is 4.74 Å². The molecule has 0 aromatic heterocycles. The maximum absolute atomic E-state index is 11.4. The molecule has 0 spiro atoms. The monoisotopic (exact) mass is 194 g/mol. The molecule has 2 saturated heterocycles. The van der Waals surface area contributed by atoms with Gasteiger partial charge in [0.05, 0.1) is 12.2 Å². The Labute approximate surface area is 80.9 Å². The zero-order chi connectivity index (χ0) is 9.87. The molecule has 3 aliphatic rings. The van der Waals surface area contributed by atoms with Crippen molar-refractivity contribution in [3.05, 3.63) is 11.6 Å². The summed E-state index contributed by atoms with van der Waals surface area (Å²) in [5.74, 6) is -1.57. The molecule has 74 valence electrons. The molecule has 3 aliphatic heterocycles. The topological polar surface area (TPSA) is 52.6 Å². The summed E-state index contributed by atoms with van der Waals surface area (Å²) in [4.78, 5) is 22.7. The molecule has 3 heterocycles. The molecule has 0 radical (unpaired) electrons. The average Bonchev–Trinajstić information content (AvgIpc) is 2.78. The second-order valence-electron chi connectivity index (χ2n) is 3.91. The van der Waals surface area contributed by atoms with Crippen LogP contribution in [0.5, 0.6) is 0 Å². The molecule has 0 N–H and O–H groups in total. The van der Waals surface area contributed by atoms with Crippen molar-refractivity contribution in [1.82, 2.24) is 0 Å². The first-order valence-corrected chi connectivity index (χ1v) is 4.84. The minimum Gasteiger partial charge on any atom is -0.393 e. The maximum Gasteiger partial charge on any atom is 0.320 e. The van der Waals surface area contributed by atoms with E-state index in [0.717, 1.165) is 12.0 Å². The third-order valence-corrected chi connectivity index (χ3v) is 3.27. The fraction of sp³-hybridized carbons (Fsp3) is 0.600. The summed E-state index contributed by atoms with van der Waals surface area (Å²) in [5.41, 5.74) is 1.13. The van der Waals surface area contributed by atoms with Gasteiger partial charge >= 0.3 is 11.9 Å². The zero-order valence-corrected chi connectivity index (χ0v) is 7.73. The van der Waals surface area contributed by atoms with Crippen LogP contribution in [0.4, 0.5) is 0 Å². The number of cyclic esters (lactones) is 2. The summed E-state index contributed by atoms with van der Waals surface area (Å²) in [6.45, 7) is 2.02. The molecule has 0 aliphatic carbocycles. The van der Waals surface area contributed by atoms with Gasteiger partial charge in [-0.05, 0) is 12.0 Å². The van der Waals surface area contributed by atoms with Gasteiger partial charge in [-0.15, -0.1) is 0 Å². The lowest BCUT2D eigenvalue weighted by Crippen LogP contribution is -2.28. The number of esters is 2. The number of carbonyl (C=O) groups is 2. The first kappa shape index (κ1) is 8.17. The molecule has 0 aromatic rings. The zero-order valence-electron chi connectivity index (χ0n) is 7.73. The van der Waals surface area contributed by atoms with E-state index < -0.39 is 11.9 Å². The van der Waals surface area contributed by atoms with Gasteiger partial charge in [0.2, 0.25) is 0 Å². The average molecular weight is 194 g/mol. The Balaban J connectivity index is 2.02. The lowest BCUT2D eigenvalue weighted by atomic mass is 9.80. The SMILES string of the molecule is CCC1=CC2OC1C1C(=O)OC(=O)C21. The van der Waals surface area contributed by atoms with Crippen LogP contribution in [0, 0.1) is 11.8 Å². The third-order valence-electron chi connectivity index (χ3n) is 3.27. The molecule has 0 aromatic carbocycles. The van der Waals surface area contributed by atoms with E-state index >= 15 is 0 Å². The molecule has 0 saturated carbocycles. The summed E-state index contributed by atoms with van der Waals surface area (Å²) >= 11 is 0. The molecule has 4 nitrogen and oxygen atoms in total. The van der Waals surface area contributed by atoms with Crippen LogP contribution in [-0.2, 0) is 19.1 Å².